The third-order valence-corrected chi connectivity index (χ3v) is 3.86. The van der Waals surface area contributed by atoms with Crippen molar-refractivity contribution in [1.82, 2.24) is 0 Å². The van der Waals surface area contributed by atoms with Gasteiger partial charge in [0.25, 0.3) is 0 Å². The van der Waals surface area contributed by atoms with Crippen molar-refractivity contribution in [2.75, 3.05) is 12.4 Å². The molecule has 5 nitrogen and oxygen atoms in total. The Balaban J connectivity index is 2.08. The molecule has 5 heteroatoms. The molecule has 0 heterocycles. The fourth-order valence-electron chi connectivity index (χ4n) is 2.64. The molecule has 1 aromatic rings. The number of carboxylic acids is 1. The number of carbonyl (C=O) groups is 2. The fraction of sp³-hybridized carbons (Fsp3) is 0.467. The summed E-state index contributed by atoms with van der Waals surface area (Å²) in [6.45, 7) is 1.90. The Bertz CT molecular complexity index is 527. The molecule has 0 bridgehead atoms. The van der Waals surface area contributed by atoms with Crippen LogP contribution in [-0.2, 0) is 9.59 Å². The molecule has 1 saturated carbocycles. The molecule has 0 unspecified atom stereocenters. The van der Waals surface area contributed by atoms with Gasteiger partial charge in [-0.05, 0) is 37.8 Å². The van der Waals surface area contributed by atoms with Gasteiger partial charge in [-0.15, -0.1) is 0 Å². The van der Waals surface area contributed by atoms with Crippen LogP contribution >= 0.6 is 0 Å². The zero-order valence-electron chi connectivity index (χ0n) is 11.7. The lowest BCUT2D eigenvalue weighted by Crippen LogP contribution is -2.22. The Morgan fingerprint density at radius 3 is 2.60 bits per heavy atom. The second-order valence-corrected chi connectivity index (χ2v) is 5.19. The largest absolute Gasteiger partial charge is 0.495 e. The van der Waals surface area contributed by atoms with Gasteiger partial charge in [-0.2, -0.15) is 0 Å². The highest BCUT2D eigenvalue weighted by molar-refractivity contribution is 5.95. The fourth-order valence-corrected chi connectivity index (χ4v) is 2.64. The maximum atomic E-state index is 12.2. The van der Waals surface area contributed by atoms with Crippen LogP contribution in [0.15, 0.2) is 18.2 Å². The molecule has 2 atom stereocenters. The van der Waals surface area contributed by atoms with Crippen LogP contribution in [0.1, 0.15) is 24.8 Å². The highest BCUT2D eigenvalue weighted by Gasteiger charge is 2.34. The van der Waals surface area contributed by atoms with Gasteiger partial charge in [-0.25, -0.2) is 0 Å². The van der Waals surface area contributed by atoms with E-state index in [0.29, 0.717) is 30.7 Å². The molecule has 1 aromatic carbocycles. The van der Waals surface area contributed by atoms with Crippen molar-refractivity contribution in [3.8, 4) is 5.75 Å². The van der Waals surface area contributed by atoms with E-state index in [1.165, 1.54) is 0 Å². The molecule has 2 N–H and O–H groups in total. The number of methoxy groups -OCH3 is 1. The number of benzene rings is 1. The Morgan fingerprint density at radius 2 is 2.00 bits per heavy atom. The second-order valence-electron chi connectivity index (χ2n) is 5.19. The van der Waals surface area contributed by atoms with Gasteiger partial charge in [0.1, 0.15) is 5.75 Å². The van der Waals surface area contributed by atoms with Crippen molar-refractivity contribution >= 4 is 17.6 Å². The monoisotopic (exact) mass is 277 g/mol. The summed E-state index contributed by atoms with van der Waals surface area (Å²) in [4.78, 5) is 23.2. The molecule has 1 amide bonds. The first kappa shape index (κ1) is 14.4. The lowest BCUT2D eigenvalue weighted by atomic mass is 10.0. The van der Waals surface area contributed by atoms with Crippen LogP contribution in [0.5, 0.6) is 5.75 Å². The minimum Gasteiger partial charge on any atom is -0.495 e. The number of nitrogens with one attached hydrogen (secondary N) is 1. The van der Waals surface area contributed by atoms with Crippen LogP contribution < -0.4 is 10.1 Å². The first-order valence-corrected chi connectivity index (χ1v) is 6.70. The number of para-hydroxylation sites is 1. The number of anilines is 1. The van der Waals surface area contributed by atoms with Gasteiger partial charge in [-0.1, -0.05) is 12.1 Å². The van der Waals surface area contributed by atoms with Crippen LogP contribution in [0, 0.1) is 18.8 Å². The normalized spacial score (nSPS) is 21.5. The van der Waals surface area contributed by atoms with Crippen molar-refractivity contribution < 1.29 is 19.4 Å². The minimum atomic E-state index is -0.811. The highest BCUT2D eigenvalue weighted by atomic mass is 16.5. The van der Waals surface area contributed by atoms with Gasteiger partial charge < -0.3 is 15.2 Å². The zero-order chi connectivity index (χ0) is 14.7. The maximum Gasteiger partial charge on any atom is 0.306 e. The van der Waals surface area contributed by atoms with Crippen molar-refractivity contribution in [3.05, 3.63) is 23.8 Å². The lowest BCUT2D eigenvalue weighted by Gasteiger charge is -2.15. The molecular formula is C15H19NO4. The number of carboxylic acid groups (broad SMARTS) is 1. The molecule has 1 fully saturated rings. The molecular weight excluding hydrogens is 258 g/mol. The smallest absolute Gasteiger partial charge is 0.306 e. The third-order valence-electron chi connectivity index (χ3n) is 3.86. The van der Waals surface area contributed by atoms with E-state index in [1.807, 2.05) is 19.1 Å². The number of hydrogen-bond acceptors (Lipinski definition) is 3. The molecule has 1 aliphatic carbocycles. The van der Waals surface area contributed by atoms with E-state index in [1.54, 1.807) is 13.2 Å². The van der Waals surface area contributed by atoms with E-state index in [4.69, 9.17) is 9.84 Å². The summed E-state index contributed by atoms with van der Waals surface area (Å²) in [5.41, 5.74) is 1.59. The molecule has 0 radical (unpaired) electrons. The Kier molecular flexibility index (Phi) is 4.27. The van der Waals surface area contributed by atoms with Gasteiger partial charge in [0.2, 0.25) is 5.91 Å². The average molecular weight is 277 g/mol. The van der Waals surface area contributed by atoms with E-state index in [-0.39, 0.29) is 11.8 Å². The summed E-state index contributed by atoms with van der Waals surface area (Å²) in [6.07, 6.45) is 1.60. The molecule has 0 aliphatic heterocycles. The summed E-state index contributed by atoms with van der Waals surface area (Å²) in [5.74, 6) is -0.953. The Morgan fingerprint density at radius 1 is 1.30 bits per heavy atom. The molecule has 1 aliphatic rings. The zero-order valence-corrected chi connectivity index (χ0v) is 11.7. The van der Waals surface area contributed by atoms with E-state index in [0.717, 1.165) is 5.56 Å². The average Bonchev–Trinajstić information content (AvgIpc) is 2.91. The van der Waals surface area contributed by atoms with Gasteiger partial charge in [0.15, 0.2) is 0 Å². The van der Waals surface area contributed by atoms with Crippen LogP contribution in [0.3, 0.4) is 0 Å². The molecule has 20 heavy (non-hydrogen) atoms. The van der Waals surface area contributed by atoms with E-state index < -0.39 is 11.9 Å². The topological polar surface area (TPSA) is 75.6 Å². The molecule has 108 valence electrons. The van der Waals surface area contributed by atoms with Crippen LogP contribution in [0.25, 0.3) is 0 Å². The summed E-state index contributed by atoms with van der Waals surface area (Å²) in [5, 5.41) is 11.9. The summed E-state index contributed by atoms with van der Waals surface area (Å²) in [6, 6.07) is 5.55. The maximum absolute atomic E-state index is 12.2. The molecule has 0 spiro atoms. The molecule has 0 aromatic heterocycles. The van der Waals surface area contributed by atoms with E-state index in [2.05, 4.69) is 5.32 Å². The van der Waals surface area contributed by atoms with Gasteiger partial charge in [-0.3, -0.25) is 9.59 Å². The number of hydrogen-bond donors (Lipinski definition) is 2. The Labute approximate surface area is 117 Å². The molecule has 0 saturated heterocycles. The number of ether oxygens (including phenoxy) is 1. The summed E-state index contributed by atoms with van der Waals surface area (Å²) >= 11 is 0. The third kappa shape index (κ3) is 2.92. The quantitative estimate of drug-likeness (QED) is 0.886. The van der Waals surface area contributed by atoms with Crippen molar-refractivity contribution in [1.29, 1.82) is 0 Å². The first-order valence-electron chi connectivity index (χ1n) is 6.70. The SMILES string of the molecule is COc1cccc(C)c1NC(=O)[C@@H]1CC[C@H](C(=O)O)C1. The lowest BCUT2D eigenvalue weighted by molar-refractivity contribution is -0.141. The number of carbonyl (C=O) groups excluding carboxylic acids is 1. The predicted molar refractivity (Wildman–Crippen MR) is 74.8 cm³/mol. The van der Waals surface area contributed by atoms with Gasteiger partial charge >= 0.3 is 5.97 Å². The van der Waals surface area contributed by atoms with Crippen LogP contribution in [0.4, 0.5) is 5.69 Å². The molecule has 2 rings (SSSR count). The number of rotatable bonds is 4. The van der Waals surface area contributed by atoms with Crippen molar-refractivity contribution in [3.63, 3.8) is 0 Å². The minimum absolute atomic E-state index is 0.124. The number of aryl methyl sites for hydroxylation is 1. The van der Waals surface area contributed by atoms with Gasteiger partial charge in [0.05, 0.1) is 18.7 Å². The summed E-state index contributed by atoms with van der Waals surface area (Å²) in [7, 11) is 1.56. The van der Waals surface area contributed by atoms with Crippen molar-refractivity contribution in [2.24, 2.45) is 11.8 Å². The van der Waals surface area contributed by atoms with Gasteiger partial charge in [0, 0.05) is 5.92 Å². The van der Waals surface area contributed by atoms with Crippen LogP contribution in [-0.4, -0.2) is 24.1 Å². The highest BCUT2D eigenvalue weighted by Crippen LogP contribution is 2.34. The number of amides is 1. The van der Waals surface area contributed by atoms with E-state index in [9.17, 15) is 9.59 Å². The van der Waals surface area contributed by atoms with E-state index >= 15 is 0 Å². The predicted octanol–water partition coefficient (Wildman–Crippen LogP) is 2.44. The first-order chi connectivity index (χ1) is 9.52. The Hall–Kier alpha value is -2.04. The standard InChI is InChI=1S/C15H19NO4/c1-9-4-3-5-12(20-2)13(9)16-14(17)10-6-7-11(8-10)15(18)19/h3-5,10-11H,6-8H2,1-2H3,(H,16,17)(H,18,19)/t10-,11+/m1/s1. The van der Waals surface area contributed by atoms with Crippen molar-refractivity contribution in [2.45, 2.75) is 26.2 Å². The van der Waals surface area contributed by atoms with Crippen LogP contribution in [0.2, 0.25) is 0 Å². The number of aliphatic carboxylic acids is 1. The second kappa shape index (κ2) is 5.94. The summed E-state index contributed by atoms with van der Waals surface area (Å²) < 4.78 is 5.24.